The van der Waals surface area contributed by atoms with Crippen LogP contribution in [-0.2, 0) is 9.59 Å². The van der Waals surface area contributed by atoms with Crippen molar-refractivity contribution in [2.45, 2.75) is 13.0 Å². The monoisotopic (exact) mass is 430 g/mol. The van der Waals surface area contributed by atoms with Gasteiger partial charge >= 0.3 is 0 Å². The van der Waals surface area contributed by atoms with E-state index in [1.807, 2.05) is 6.92 Å². The minimum absolute atomic E-state index is 0.0627. The fourth-order valence-corrected chi connectivity index (χ4v) is 3.71. The predicted octanol–water partition coefficient (Wildman–Crippen LogP) is 4.24. The highest BCUT2D eigenvalue weighted by Crippen LogP contribution is 2.42. The number of phenolic OH excluding ortho intramolecular Hbond substituents is 1. The summed E-state index contributed by atoms with van der Waals surface area (Å²) < 4.78 is 0. The molecule has 1 aliphatic rings. The van der Waals surface area contributed by atoms with Gasteiger partial charge in [-0.25, -0.2) is 0 Å². The summed E-state index contributed by atoms with van der Waals surface area (Å²) in [7, 11) is 0. The number of aryl methyl sites for hydroxylation is 1. The number of amides is 1. The Kier molecular flexibility index (Phi) is 5.19. The van der Waals surface area contributed by atoms with Crippen LogP contribution in [0, 0.1) is 17.0 Å². The van der Waals surface area contributed by atoms with Crippen molar-refractivity contribution in [1.29, 1.82) is 0 Å². The van der Waals surface area contributed by atoms with Crippen LogP contribution in [0.4, 0.5) is 11.4 Å². The van der Waals surface area contributed by atoms with Gasteiger partial charge in [0.05, 0.1) is 16.5 Å². The van der Waals surface area contributed by atoms with Crippen LogP contribution in [0.15, 0.2) is 78.4 Å². The molecule has 4 rings (SSSR count). The second-order valence-corrected chi connectivity index (χ2v) is 7.40. The lowest BCUT2D eigenvalue weighted by Gasteiger charge is -2.25. The number of nitrogens with zero attached hydrogens (tertiary/aromatic N) is 2. The van der Waals surface area contributed by atoms with Gasteiger partial charge in [0.25, 0.3) is 17.4 Å². The number of nitro groups is 1. The van der Waals surface area contributed by atoms with Crippen LogP contribution in [-0.4, -0.2) is 26.8 Å². The summed E-state index contributed by atoms with van der Waals surface area (Å²) in [6.45, 7) is 1.89. The van der Waals surface area contributed by atoms with Gasteiger partial charge < -0.3 is 10.2 Å². The van der Waals surface area contributed by atoms with Crippen LogP contribution < -0.4 is 4.90 Å². The minimum Gasteiger partial charge on any atom is -0.508 e. The van der Waals surface area contributed by atoms with Crippen LogP contribution in [0.3, 0.4) is 0 Å². The summed E-state index contributed by atoms with van der Waals surface area (Å²) in [6.07, 6.45) is 0. The fraction of sp³-hybridized carbons (Fsp3) is 0.0833. The number of carbonyl (C=O) groups excluding carboxylic acids is 2. The lowest BCUT2D eigenvalue weighted by Crippen LogP contribution is -2.29. The fourth-order valence-electron chi connectivity index (χ4n) is 3.71. The minimum atomic E-state index is -1.00. The lowest BCUT2D eigenvalue weighted by atomic mass is 9.95. The Labute approximate surface area is 182 Å². The number of non-ortho nitro benzene ring substituents is 1. The zero-order valence-corrected chi connectivity index (χ0v) is 16.9. The molecule has 160 valence electrons. The molecule has 3 aromatic rings. The molecule has 1 aliphatic heterocycles. The van der Waals surface area contributed by atoms with Crippen LogP contribution in [0.5, 0.6) is 5.75 Å². The smallest absolute Gasteiger partial charge is 0.300 e. The third kappa shape index (κ3) is 3.58. The number of rotatable bonds is 4. The summed E-state index contributed by atoms with van der Waals surface area (Å²) in [6, 6.07) is 17.1. The summed E-state index contributed by atoms with van der Waals surface area (Å²) in [4.78, 5) is 37.7. The van der Waals surface area contributed by atoms with Crippen LogP contribution in [0.2, 0.25) is 0 Å². The second kappa shape index (κ2) is 7.99. The van der Waals surface area contributed by atoms with Crippen molar-refractivity contribution in [3.8, 4) is 5.75 Å². The molecule has 32 heavy (non-hydrogen) atoms. The first-order valence-electron chi connectivity index (χ1n) is 9.69. The molecule has 1 saturated heterocycles. The summed E-state index contributed by atoms with van der Waals surface area (Å²) in [5.41, 5.74) is 1.65. The van der Waals surface area contributed by atoms with Crippen LogP contribution in [0.1, 0.15) is 22.7 Å². The zero-order chi connectivity index (χ0) is 23.0. The molecule has 1 atom stereocenters. The van der Waals surface area contributed by atoms with E-state index in [2.05, 4.69) is 0 Å². The van der Waals surface area contributed by atoms with E-state index in [9.17, 15) is 29.9 Å². The van der Waals surface area contributed by atoms with E-state index in [0.717, 1.165) is 5.56 Å². The van der Waals surface area contributed by atoms with Crippen molar-refractivity contribution in [2.24, 2.45) is 0 Å². The van der Waals surface area contributed by atoms with E-state index < -0.39 is 28.4 Å². The SMILES string of the molecule is Cc1ccc(N2C(=O)C(=O)/C(=C(\O)c3ccc([N+](=O)[O-])cc3)C2c2cccc(O)c2)cc1. The van der Waals surface area contributed by atoms with Crippen molar-refractivity contribution in [1.82, 2.24) is 0 Å². The van der Waals surface area contributed by atoms with Gasteiger partial charge in [-0.15, -0.1) is 0 Å². The molecule has 0 aromatic heterocycles. The Morgan fingerprint density at radius 1 is 1.00 bits per heavy atom. The highest BCUT2D eigenvalue weighted by molar-refractivity contribution is 6.51. The van der Waals surface area contributed by atoms with E-state index in [-0.39, 0.29) is 22.6 Å². The number of hydrogen-bond donors (Lipinski definition) is 2. The Morgan fingerprint density at radius 2 is 1.66 bits per heavy atom. The van der Waals surface area contributed by atoms with E-state index >= 15 is 0 Å². The average Bonchev–Trinajstić information content (AvgIpc) is 3.04. The average molecular weight is 430 g/mol. The first kappa shape index (κ1) is 20.8. The van der Waals surface area contributed by atoms with E-state index in [0.29, 0.717) is 11.3 Å². The molecule has 3 aromatic carbocycles. The summed E-state index contributed by atoms with van der Waals surface area (Å²) >= 11 is 0. The molecule has 8 nitrogen and oxygen atoms in total. The summed E-state index contributed by atoms with van der Waals surface area (Å²) in [5.74, 6) is -2.24. The van der Waals surface area contributed by atoms with Gasteiger partial charge in [0.1, 0.15) is 11.5 Å². The summed E-state index contributed by atoms with van der Waals surface area (Å²) in [5, 5.41) is 31.9. The standard InChI is InChI=1S/C24H18N2O6/c1-14-5-9-17(10-6-14)25-21(16-3-2-4-19(27)13-16)20(23(29)24(25)30)22(28)15-7-11-18(12-8-15)26(31)32/h2-13,21,27-28H,1H3/b22-20-. The maximum absolute atomic E-state index is 13.0. The molecule has 0 aliphatic carbocycles. The normalized spacial score (nSPS) is 17.5. The number of anilines is 1. The van der Waals surface area contributed by atoms with Gasteiger partial charge in [0.15, 0.2) is 0 Å². The van der Waals surface area contributed by atoms with Gasteiger partial charge in [0.2, 0.25) is 0 Å². The van der Waals surface area contributed by atoms with Crippen LogP contribution in [0.25, 0.3) is 5.76 Å². The topological polar surface area (TPSA) is 121 Å². The van der Waals surface area contributed by atoms with Crippen molar-refractivity contribution >= 4 is 28.8 Å². The van der Waals surface area contributed by atoms with Gasteiger partial charge in [0, 0.05) is 23.4 Å². The Bertz CT molecular complexity index is 1260. The number of aliphatic hydroxyl groups excluding tert-OH is 1. The number of aromatic hydroxyl groups is 1. The number of nitro benzene ring substituents is 1. The molecule has 2 N–H and O–H groups in total. The van der Waals surface area contributed by atoms with Crippen molar-refractivity contribution in [2.75, 3.05) is 4.90 Å². The maximum Gasteiger partial charge on any atom is 0.300 e. The van der Waals surface area contributed by atoms with Gasteiger partial charge in [-0.1, -0.05) is 29.8 Å². The predicted molar refractivity (Wildman–Crippen MR) is 117 cm³/mol. The third-order valence-electron chi connectivity index (χ3n) is 5.29. The highest BCUT2D eigenvalue weighted by atomic mass is 16.6. The molecule has 8 heteroatoms. The van der Waals surface area contributed by atoms with Crippen molar-refractivity contribution < 1.29 is 24.7 Å². The van der Waals surface area contributed by atoms with Crippen LogP contribution >= 0.6 is 0 Å². The van der Waals surface area contributed by atoms with E-state index in [1.54, 1.807) is 36.4 Å². The maximum atomic E-state index is 13.0. The Balaban J connectivity index is 1.92. The molecule has 0 saturated carbocycles. The highest BCUT2D eigenvalue weighted by Gasteiger charge is 2.47. The molecule has 0 bridgehead atoms. The first-order chi connectivity index (χ1) is 15.3. The molecular formula is C24H18N2O6. The van der Waals surface area contributed by atoms with Crippen molar-refractivity contribution in [3.05, 3.63) is 105 Å². The number of ketones is 1. The molecule has 1 amide bonds. The van der Waals surface area contributed by atoms with Crippen molar-refractivity contribution in [3.63, 3.8) is 0 Å². The third-order valence-corrected chi connectivity index (χ3v) is 5.29. The molecule has 0 spiro atoms. The molecule has 1 heterocycles. The van der Waals surface area contributed by atoms with Gasteiger partial charge in [-0.05, 0) is 48.9 Å². The number of Topliss-reactive ketones (excluding diaryl/α,β-unsaturated/α-hetero) is 1. The number of phenols is 1. The van der Waals surface area contributed by atoms with Gasteiger partial charge in [-0.3, -0.25) is 24.6 Å². The lowest BCUT2D eigenvalue weighted by molar-refractivity contribution is -0.384. The second-order valence-electron chi connectivity index (χ2n) is 7.40. The Morgan fingerprint density at radius 3 is 2.25 bits per heavy atom. The number of benzene rings is 3. The van der Waals surface area contributed by atoms with E-state index in [1.165, 1.54) is 41.3 Å². The molecule has 1 unspecified atom stereocenters. The van der Waals surface area contributed by atoms with E-state index in [4.69, 9.17) is 0 Å². The quantitative estimate of drug-likeness (QED) is 0.210. The molecule has 1 fully saturated rings. The molecule has 0 radical (unpaired) electrons. The zero-order valence-electron chi connectivity index (χ0n) is 16.9. The number of aliphatic hydroxyl groups is 1. The number of hydrogen-bond acceptors (Lipinski definition) is 6. The van der Waals surface area contributed by atoms with Gasteiger partial charge in [-0.2, -0.15) is 0 Å². The Hall–Kier alpha value is -4.46. The molecular weight excluding hydrogens is 412 g/mol. The first-order valence-corrected chi connectivity index (χ1v) is 9.69. The largest absolute Gasteiger partial charge is 0.508 e. The number of carbonyl (C=O) groups is 2.